The molecule has 1 aliphatic heterocycles. The molecular formula is C22H21ClFN3O2. The summed E-state index contributed by atoms with van der Waals surface area (Å²) in [5.74, 6) is 0.927. The fourth-order valence-corrected chi connectivity index (χ4v) is 3.72. The van der Waals surface area contributed by atoms with Gasteiger partial charge in [0, 0.05) is 44.6 Å². The first-order valence-electron chi connectivity index (χ1n) is 9.58. The van der Waals surface area contributed by atoms with Crippen molar-refractivity contribution in [2.75, 3.05) is 31.1 Å². The summed E-state index contributed by atoms with van der Waals surface area (Å²) in [6.45, 7) is 2.37. The van der Waals surface area contributed by atoms with Crippen molar-refractivity contribution in [3.05, 3.63) is 71.5 Å². The monoisotopic (exact) mass is 413 g/mol. The standard InChI is InChI=1S/C22H21ClFN3O2/c23-17-6-2-1-5-16(17)20-15-25-21(29-20)9-10-22(28)27-13-11-26(12-14-27)19-8-4-3-7-18(19)24/h1-8,15H,9-14H2. The van der Waals surface area contributed by atoms with Crippen LogP contribution in [0.15, 0.2) is 59.1 Å². The van der Waals surface area contributed by atoms with Gasteiger partial charge < -0.3 is 14.2 Å². The van der Waals surface area contributed by atoms with Gasteiger partial charge in [-0.1, -0.05) is 35.9 Å². The van der Waals surface area contributed by atoms with Gasteiger partial charge in [-0.25, -0.2) is 9.37 Å². The van der Waals surface area contributed by atoms with E-state index in [0.717, 1.165) is 5.56 Å². The van der Waals surface area contributed by atoms with E-state index in [4.69, 9.17) is 16.0 Å². The number of aryl methyl sites for hydroxylation is 1. The molecule has 0 spiro atoms. The van der Waals surface area contributed by atoms with Crippen molar-refractivity contribution in [3.63, 3.8) is 0 Å². The van der Waals surface area contributed by atoms with Crippen molar-refractivity contribution < 1.29 is 13.6 Å². The number of carbonyl (C=O) groups excluding carboxylic acids is 1. The van der Waals surface area contributed by atoms with Crippen molar-refractivity contribution in [3.8, 4) is 11.3 Å². The molecule has 0 bridgehead atoms. The van der Waals surface area contributed by atoms with Crippen LogP contribution in [-0.2, 0) is 11.2 Å². The number of rotatable bonds is 5. The molecular weight excluding hydrogens is 393 g/mol. The van der Waals surface area contributed by atoms with Gasteiger partial charge in [-0.05, 0) is 24.3 Å². The minimum Gasteiger partial charge on any atom is -0.441 e. The largest absolute Gasteiger partial charge is 0.441 e. The van der Waals surface area contributed by atoms with Gasteiger partial charge in [0.2, 0.25) is 5.91 Å². The van der Waals surface area contributed by atoms with Crippen molar-refractivity contribution in [2.45, 2.75) is 12.8 Å². The minimum absolute atomic E-state index is 0.0516. The molecule has 0 radical (unpaired) electrons. The number of benzene rings is 2. The third-order valence-corrected chi connectivity index (χ3v) is 5.40. The number of nitrogens with zero attached hydrogens (tertiary/aromatic N) is 3. The molecule has 0 atom stereocenters. The number of aromatic nitrogens is 1. The highest BCUT2D eigenvalue weighted by atomic mass is 35.5. The Labute approximate surface area is 173 Å². The van der Waals surface area contributed by atoms with Gasteiger partial charge in [-0.2, -0.15) is 0 Å². The Morgan fingerprint density at radius 3 is 2.55 bits per heavy atom. The van der Waals surface area contributed by atoms with Gasteiger partial charge in [0.1, 0.15) is 5.82 Å². The lowest BCUT2D eigenvalue weighted by Crippen LogP contribution is -2.49. The highest BCUT2D eigenvalue weighted by Crippen LogP contribution is 2.28. The lowest BCUT2D eigenvalue weighted by atomic mass is 10.2. The van der Waals surface area contributed by atoms with Crippen LogP contribution in [0.25, 0.3) is 11.3 Å². The number of carbonyl (C=O) groups is 1. The van der Waals surface area contributed by atoms with Crippen LogP contribution in [0.1, 0.15) is 12.3 Å². The van der Waals surface area contributed by atoms with Gasteiger partial charge in [-0.3, -0.25) is 4.79 Å². The topological polar surface area (TPSA) is 49.6 Å². The molecule has 29 heavy (non-hydrogen) atoms. The molecule has 3 aromatic rings. The summed E-state index contributed by atoms with van der Waals surface area (Å²) in [7, 11) is 0. The molecule has 1 fully saturated rings. The molecule has 0 saturated carbocycles. The Bertz CT molecular complexity index is 999. The van der Waals surface area contributed by atoms with Crippen LogP contribution in [0.4, 0.5) is 10.1 Å². The van der Waals surface area contributed by atoms with Crippen LogP contribution in [0, 0.1) is 5.82 Å². The molecule has 150 valence electrons. The SMILES string of the molecule is O=C(CCc1ncc(-c2ccccc2Cl)o1)N1CCN(c2ccccc2F)CC1. The second-order valence-electron chi connectivity index (χ2n) is 6.92. The van der Waals surface area contributed by atoms with E-state index >= 15 is 0 Å². The normalized spacial score (nSPS) is 14.3. The van der Waals surface area contributed by atoms with Gasteiger partial charge in [-0.15, -0.1) is 0 Å². The molecule has 0 N–H and O–H groups in total. The smallest absolute Gasteiger partial charge is 0.223 e. The highest BCUT2D eigenvalue weighted by Gasteiger charge is 2.23. The summed E-state index contributed by atoms with van der Waals surface area (Å²) in [5, 5.41) is 0.596. The van der Waals surface area contributed by atoms with E-state index in [0.29, 0.717) is 61.4 Å². The zero-order valence-electron chi connectivity index (χ0n) is 15.9. The molecule has 5 nitrogen and oxygen atoms in total. The first-order chi connectivity index (χ1) is 14.1. The Morgan fingerprint density at radius 2 is 1.79 bits per heavy atom. The average Bonchev–Trinajstić information content (AvgIpc) is 3.22. The summed E-state index contributed by atoms with van der Waals surface area (Å²) in [6.07, 6.45) is 2.38. The van der Waals surface area contributed by atoms with E-state index in [2.05, 4.69) is 4.98 Å². The quantitative estimate of drug-likeness (QED) is 0.621. The van der Waals surface area contributed by atoms with Gasteiger partial charge in [0.15, 0.2) is 11.7 Å². The van der Waals surface area contributed by atoms with Crippen LogP contribution in [0.5, 0.6) is 0 Å². The average molecular weight is 414 g/mol. The Kier molecular flexibility index (Phi) is 5.81. The van der Waals surface area contributed by atoms with Crippen molar-refractivity contribution in [1.29, 1.82) is 0 Å². The predicted molar refractivity (Wildman–Crippen MR) is 110 cm³/mol. The van der Waals surface area contributed by atoms with Crippen LogP contribution in [-0.4, -0.2) is 42.0 Å². The maximum Gasteiger partial charge on any atom is 0.223 e. The van der Waals surface area contributed by atoms with Crippen molar-refractivity contribution >= 4 is 23.2 Å². The molecule has 2 aromatic carbocycles. The molecule has 0 aliphatic carbocycles. The van der Waals surface area contributed by atoms with E-state index in [1.807, 2.05) is 34.1 Å². The number of anilines is 1. The van der Waals surface area contributed by atoms with Crippen LogP contribution >= 0.6 is 11.6 Å². The molecule has 1 aromatic heterocycles. The molecule has 4 rings (SSSR count). The number of hydrogen-bond donors (Lipinski definition) is 0. The zero-order valence-corrected chi connectivity index (χ0v) is 16.6. The number of amides is 1. The summed E-state index contributed by atoms with van der Waals surface area (Å²) in [5.41, 5.74) is 1.37. The molecule has 0 unspecified atom stereocenters. The Hall–Kier alpha value is -2.86. The lowest BCUT2D eigenvalue weighted by Gasteiger charge is -2.36. The van der Waals surface area contributed by atoms with Crippen molar-refractivity contribution in [1.82, 2.24) is 9.88 Å². The summed E-state index contributed by atoms with van der Waals surface area (Å²) in [6, 6.07) is 14.1. The van der Waals surface area contributed by atoms with E-state index in [1.54, 1.807) is 24.4 Å². The maximum atomic E-state index is 13.9. The van der Waals surface area contributed by atoms with Crippen LogP contribution < -0.4 is 4.90 Å². The van der Waals surface area contributed by atoms with Gasteiger partial charge in [0.05, 0.1) is 16.9 Å². The molecule has 7 heteroatoms. The third kappa shape index (κ3) is 4.43. The Balaban J connectivity index is 1.30. The number of para-hydroxylation sites is 1. The summed E-state index contributed by atoms with van der Waals surface area (Å²) in [4.78, 5) is 20.6. The zero-order chi connectivity index (χ0) is 20.2. The fourth-order valence-electron chi connectivity index (χ4n) is 3.49. The van der Waals surface area contributed by atoms with Crippen LogP contribution in [0.3, 0.4) is 0 Å². The minimum atomic E-state index is -0.231. The predicted octanol–water partition coefficient (Wildman–Crippen LogP) is 4.42. The molecule has 1 amide bonds. The van der Waals surface area contributed by atoms with Gasteiger partial charge in [0.25, 0.3) is 0 Å². The Morgan fingerprint density at radius 1 is 1.07 bits per heavy atom. The van der Waals surface area contributed by atoms with E-state index < -0.39 is 0 Å². The number of oxazole rings is 1. The third-order valence-electron chi connectivity index (χ3n) is 5.07. The highest BCUT2D eigenvalue weighted by molar-refractivity contribution is 6.33. The molecule has 2 heterocycles. The summed E-state index contributed by atoms with van der Waals surface area (Å²) < 4.78 is 19.7. The summed E-state index contributed by atoms with van der Waals surface area (Å²) >= 11 is 6.19. The molecule has 1 saturated heterocycles. The van der Waals surface area contributed by atoms with Gasteiger partial charge >= 0.3 is 0 Å². The van der Waals surface area contributed by atoms with E-state index in [1.165, 1.54) is 6.07 Å². The van der Waals surface area contributed by atoms with Crippen LogP contribution in [0.2, 0.25) is 5.02 Å². The maximum absolute atomic E-state index is 13.9. The first-order valence-corrected chi connectivity index (χ1v) is 9.96. The number of halogens is 2. The lowest BCUT2D eigenvalue weighted by molar-refractivity contribution is -0.131. The number of piperazine rings is 1. The molecule has 1 aliphatic rings. The van der Waals surface area contributed by atoms with Crippen molar-refractivity contribution in [2.24, 2.45) is 0 Å². The van der Waals surface area contributed by atoms with E-state index in [9.17, 15) is 9.18 Å². The second kappa shape index (κ2) is 8.66. The second-order valence-corrected chi connectivity index (χ2v) is 7.32. The fraction of sp³-hybridized carbons (Fsp3) is 0.273. The first kappa shape index (κ1) is 19.5. The number of hydrogen-bond acceptors (Lipinski definition) is 4. The van der Waals surface area contributed by atoms with E-state index in [-0.39, 0.29) is 11.7 Å².